The van der Waals surface area contributed by atoms with E-state index in [1.54, 1.807) is 0 Å². The molecular formula is C15H25O7P. The first-order chi connectivity index (χ1) is 10.3. The lowest BCUT2D eigenvalue weighted by atomic mass is 10.3. The summed E-state index contributed by atoms with van der Waals surface area (Å²) < 4.78 is 27.2. The molecule has 0 aliphatic heterocycles. The highest BCUT2D eigenvalue weighted by Crippen LogP contribution is 2.55. The summed E-state index contributed by atoms with van der Waals surface area (Å²) in [5, 5.41) is -1.04. The molecule has 0 saturated heterocycles. The molecule has 0 aromatic heterocycles. The van der Waals surface area contributed by atoms with Crippen LogP contribution in [0, 0.1) is 0 Å². The van der Waals surface area contributed by atoms with Gasteiger partial charge in [-0.25, -0.2) is 9.59 Å². The number of hydrogen-bond donors (Lipinski definition) is 1. The van der Waals surface area contributed by atoms with E-state index in [0.717, 1.165) is 0 Å². The Morgan fingerprint density at radius 1 is 1.04 bits per heavy atom. The lowest BCUT2D eigenvalue weighted by molar-refractivity contribution is -0.146. The van der Waals surface area contributed by atoms with E-state index in [1.807, 2.05) is 0 Å². The van der Waals surface area contributed by atoms with Crippen molar-refractivity contribution in [1.82, 2.24) is 0 Å². The maximum absolute atomic E-state index is 12.2. The average Bonchev–Trinajstić information content (AvgIpc) is 2.39. The van der Waals surface area contributed by atoms with Crippen molar-refractivity contribution in [2.45, 2.75) is 45.9 Å². The molecule has 8 heteroatoms. The third-order valence-electron chi connectivity index (χ3n) is 2.64. The highest BCUT2D eigenvalue weighted by Gasteiger charge is 2.39. The van der Waals surface area contributed by atoms with Gasteiger partial charge in [0, 0.05) is 11.1 Å². The summed E-state index contributed by atoms with van der Waals surface area (Å²) in [5.74, 6) is -1.35. The first kappa shape index (κ1) is 21.6. The fourth-order valence-electron chi connectivity index (χ4n) is 1.05. The van der Waals surface area contributed by atoms with Crippen molar-refractivity contribution in [3.05, 3.63) is 24.3 Å². The number of hydrogen-bond acceptors (Lipinski definition) is 6. The third-order valence-corrected chi connectivity index (χ3v) is 4.92. The maximum Gasteiger partial charge on any atom is 0.333 e. The number of ether oxygens (including phenoxy) is 2. The minimum atomic E-state index is -4.03. The topological polar surface area (TPSA) is 99.1 Å². The minimum Gasteiger partial charge on any atom is -0.459 e. The molecule has 0 aliphatic carbocycles. The van der Waals surface area contributed by atoms with Gasteiger partial charge in [-0.3, -0.25) is 9.09 Å². The van der Waals surface area contributed by atoms with Crippen molar-refractivity contribution in [2.24, 2.45) is 0 Å². The molecule has 0 fully saturated rings. The predicted octanol–water partition coefficient (Wildman–Crippen LogP) is 2.59. The molecule has 1 unspecified atom stereocenters. The summed E-state index contributed by atoms with van der Waals surface area (Å²) in [5.41, 5.74) is 0.344. The summed E-state index contributed by atoms with van der Waals surface area (Å²) in [7, 11) is -4.03. The normalized spacial score (nSPS) is 14.0. The molecule has 132 valence electrons. The SMILES string of the molecule is C=C(C)C(=O)OCC(COC(=O)C(=C)C)OP(=O)(O)C(C)(C)C. The van der Waals surface area contributed by atoms with Crippen LogP contribution < -0.4 is 0 Å². The van der Waals surface area contributed by atoms with E-state index in [9.17, 15) is 19.0 Å². The second-order valence-electron chi connectivity index (χ2n) is 6.18. The van der Waals surface area contributed by atoms with E-state index >= 15 is 0 Å². The molecule has 0 bridgehead atoms. The van der Waals surface area contributed by atoms with Crippen molar-refractivity contribution in [3.63, 3.8) is 0 Å². The summed E-state index contributed by atoms with van der Waals surface area (Å²) in [6.07, 6.45) is -1.09. The molecule has 0 amide bonds. The van der Waals surface area contributed by atoms with E-state index in [1.165, 1.54) is 34.6 Å². The van der Waals surface area contributed by atoms with Crippen LogP contribution in [0.3, 0.4) is 0 Å². The van der Waals surface area contributed by atoms with E-state index in [4.69, 9.17) is 14.0 Å². The second-order valence-corrected chi connectivity index (χ2v) is 8.77. The molecule has 0 spiro atoms. The van der Waals surface area contributed by atoms with Crippen LogP contribution in [-0.2, 0) is 28.2 Å². The van der Waals surface area contributed by atoms with Gasteiger partial charge in [0.2, 0.25) is 0 Å². The lowest BCUT2D eigenvalue weighted by Crippen LogP contribution is -2.30. The first-order valence-corrected chi connectivity index (χ1v) is 8.52. The molecule has 0 aromatic rings. The largest absolute Gasteiger partial charge is 0.459 e. The number of carbonyl (C=O) groups is 2. The quantitative estimate of drug-likeness (QED) is 0.409. The Hall–Kier alpha value is -1.43. The summed E-state index contributed by atoms with van der Waals surface area (Å²) >= 11 is 0. The van der Waals surface area contributed by atoms with Crippen molar-refractivity contribution >= 4 is 19.5 Å². The summed E-state index contributed by atoms with van der Waals surface area (Å²) in [6, 6.07) is 0. The molecule has 0 aliphatic rings. The molecule has 0 rings (SSSR count). The van der Waals surface area contributed by atoms with Gasteiger partial charge in [0.15, 0.2) is 0 Å². The molecular weight excluding hydrogens is 323 g/mol. The van der Waals surface area contributed by atoms with Crippen molar-refractivity contribution in [3.8, 4) is 0 Å². The Morgan fingerprint density at radius 2 is 1.39 bits per heavy atom. The highest BCUT2D eigenvalue weighted by atomic mass is 31.2. The van der Waals surface area contributed by atoms with Crippen LogP contribution in [0.25, 0.3) is 0 Å². The Bertz CT molecular complexity index is 500. The number of carbonyl (C=O) groups excluding carboxylic acids is 2. The number of esters is 2. The molecule has 1 atom stereocenters. The van der Waals surface area contributed by atoms with Gasteiger partial charge in [0.25, 0.3) is 0 Å². The smallest absolute Gasteiger partial charge is 0.333 e. The van der Waals surface area contributed by atoms with Gasteiger partial charge in [-0.2, -0.15) is 0 Å². The monoisotopic (exact) mass is 348 g/mol. The van der Waals surface area contributed by atoms with Crippen LogP contribution in [0.1, 0.15) is 34.6 Å². The Kier molecular flexibility index (Phi) is 7.91. The Morgan fingerprint density at radius 3 is 1.65 bits per heavy atom. The minimum absolute atomic E-state index is 0.172. The molecule has 1 N–H and O–H groups in total. The van der Waals surface area contributed by atoms with Gasteiger partial charge in [0.1, 0.15) is 19.3 Å². The van der Waals surface area contributed by atoms with E-state index < -0.39 is 30.8 Å². The first-order valence-electron chi connectivity index (χ1n) is 6.94. The van der Waals surface area contributed by atoms with Gasteiger partial charge in [-0.05, 0) is 34.6 Å². The van der Waals surface area contributed by atoms with E-state index in [-0.39, 0.29) is 24.4 Å². The summed E-state index contributed by atoms with van der Waals surface area (Å²) in [6.45, 7) is 13.7. The zero-order chi connectivity index (χ0) is 18.4. The molecule has 0 radical (unpaired) electrons. The van der Waals surface area contributed by atoms with Crippen LogP contribution in [0.15, 0.2) is 24.3 Å². The zero-order valence-corrected chi connectivity index (χ0v) is 15.1. The average molecular weight is 348 g/mol. The molecule has 23 heavy (non-hydrogen) atoms. The zero-order valence-electron chi connectivity index (χ0n) is 14.2. The van der Waals surface area contributed by atoms with Crippen LogP contribution in [-0.4, -0.2) is 41.3 Å². The van der Waals surface area contributed by atoms with Crippen molar-refractivity contribution in [1.29, 1.82) is 0 Å². The predicted molar refractivity (Wildman–Crippen MR) is 86.0 cm³/mol. The van der Waals surface area contributed by atoms with E-state index in [2.05, 4.69) is 13.2 Å². The molecule has 0 saturated carbocycles. The van der Waals surface area contributed by atoms with Gasteiger partial charge in [-0.1, -0.05) is 13.2 Å². The van der Waals surface area contributed by atoms with E-state index in [0.29, 0.717) is 0 Å². The standard InChI is InChI=1S/C15H25O7P/c1-10(2)13(16)20-8-12(9-21-14(17)11(3)4)22-23(18,19)15(5,6)7/h12H,1,3,8-9H2,2,4-7H3,(H,18,19). The van der Waals surface area contributed by atoms with Crippen molar-refractivity contribution in [2.75, 3.05) is 13.2 Å². The lowest BCUT2D eigenvalue weighted by Gasteiger charge is -2.29. The third kappa shape index (κ3) is 7.59. The highest BCUT2D eigenvalue weighted by molar-refractivity contribution is 7.54. The fourth-order valence-corrected chi connectivity index (χ4v) is 1.89. The van der Waals surface area contributed by atoms with Crippen LogP contribution in [0.5, 0.6) is 0 Å². The van der Waals surface area contributed by atoms with Gasteiger partial charge >= 0.3 is 19.5 Å². The van der Waals surface area contributed by atoms with Gasteiger partial charge in [0.05, 0.1) is 5.16 Å². The number of rotatable bonds is 8. The van der Waals surface area contributed by atoms with Crippen LogP contribution in [0.4, 0.5) is 0 Å². The fraction of sp³-hybridized carbons (Fsp3) is 0.600. The maximum atomic E-state index is 12.2. The molecule has 7 nitrogen and oxygen atoms in total. The Balaban J connectivity index is 4.96. The van der Waals surface area contributed by atoms with Crippen molar-refractivity contribution < 1.29 is 33.0 Å². The van der Waals surface area contributed by atoms with Gasteiger partial charge in [-0.15, -0.1) is 0 Å². The van der Waals surface area contributed by atoms with Gasteiger partial charge < -0.3 is 14.4 Å². The molecule has 0 aromatic carbocycles. The molecule has 0 heterocycles. The van der Waals surface area contributed by atoms with Crippen LogP contribution >= 0.6 is 7.60 Å². The van der Waals surface area contributed by atoms with Crippen LogP contribution in [0.2, 0.25) is 0 Å². The summed E-state index contributed by atoms with van der Waals surface area (Å²) in [4.78, 5) is 32.8. The second kappa shape index (κ2) is 8.43. The Labute approximate surface area is 136 Å².